The number of hydrogen-bond donors (Lipinski definition) is 1. The van der Waals surface area contributed by atoms with Crippen LogP contribution in [-0.2, 0) is 4.79 Å². The zero-order chi connectivity index (χ0) is 13.9. The molecule has 0 spiro atoms. The van der Waals surface area contributed by atoms with Crippen molar-refractivity contribution in [3.05, 3.63) is 77.4 Å². The van der Waals surface area contributed by atoms with E-state index in [0.717, 1.165) is 22.3 Å². The monoisotopic (exact) mass is 262 g/mol. The van der Waals surface area contributed by atoms with E-state index in [1.807, 2.05) is 48.5 Å². The van der Waals surface area contributed by atoms with Crippen LogP contribution in [0, 0.1) is 0 Å². The molecular formula is C18H14O2. The van der Waals surface area contributed by atoms with E-state index in [0.29, 0.717) is 6.42 Å². The Balaban J connectivity index is 2.04. The summed E-state index contributed by atoms with van der Waals surface area (Å²) in [6.45, 7) is 0. The molecular weight excluding hydrogens is 248 g/mol. The average Bonchev–Trinajstić information content (AvgIpc) is 2.83. The normalized spacial score (nSPS) is 16.5. The van der Waals surface area contributed by atoms with E-state index in [4.69, 9.17) is 0 Å². The molecule has 1 aliphatic rings. The maximum absolute atomic E-state index is 11.7. The van der Waals surface area contributed by atoms with E-state index in [1.54, 1.807) is 18.2 Å². The second-order valence-corrected chi connectivity index (χ2v) is 4.80. The van der Waals surface area contributed by atoms with Crippen LogP contribution in [0.4, 0.5) is 0 Å². The zero-order valence-corrected chi connectivity index (χ0v) is 10.9. The highest BCUT2D eigenvalue weighted by Gasteiger charge is 2.19. The summed E-state index contributed by atoms with van der Waals surface area (Å²) in [6.07, 6.45) is 3.96. The SMILES string of the molecule is O=C1C=C(c2ccccc2)C(=Cc2ccccc2O)C1. The van der Waals surface area contributed by atoms with Crippen LogP contribution in [-0.4, -0.2) is 10.9 Å². The number of allylic oxidation sites excluding steroid dienone is 3. The Morgan fingerprint density at radius 3 is 2.40 bits per heavy atom. The fourth-order valence-corrected chi connectivity index (χ4v) is 2.40. The molecule has 0 aromatic heterocycles. The summed E-state index contributed by atoms with van der Waals surface area (Å²) in [5.41, 5.74) is 3.65. The maximum Gasteiger partial charge on any atom is 0.160 e. The second kappa shape index (κ2) is 5.17. The molecule has 0 aliphatic heterocycles. The number of rotatable bonds is 2. The molecule has 0 amide bonds. The lowest BCUT2D eigenvalue weighted by molar-refractivity contribution is -0.113. The summed E-state index contributed by atoms with van der Waals surface area (Å²) in [7, 11) is 0. The van der Waals surface area contributed by atoms with Crippen molar-refractivity contribution in [3.8, 4) is 5.75 Å². The molecule has 0 heterocycles. The third-order valence-electron chi connectivity index (χ3n) is 3.37. The van der Waals surface area contributed by atoms with Gasteiger partial charge in [0.2, 0.25) is 0 Å². The largest absolute Gasteiger partial charge is 0.507 e. The number of aromatic hydroxyl groups is 1. The van der Waals surface area contributed by atoms with Gasteiger partial charge in [-0.2, -0.15) is 0 Å². The van der Waals surface area contributed by atoms with Crippen molar-refractivity contribution in [2.75, 3.05) is 0 Å². The van der Waals surface area contributed by atoms with Gasteiger partial charge in [0.15, 0.2) is 5.78 Å². The van der Waals surface area contributed by atoms with Crippen molar-refractivity contribution >= 4 is 17.4 Å². The van der Waals surface area contributed by atoms with Crippen LogP contribution in [0.15, 0.2) is 66.2 Å². The second-order valence-electron chi connectivity index (χ2n) is 4.80. The fourth-order valence-electron chi connectivity index (χ4n) is 2.40. The quantitative estimate of drug-likeness (QED) is 0.893. The first-order valence-electron chi connectivity index (χ1n) is 6.53. The van der Waals surface area contributed by atoms with Crippen LogP contribution in [0.3, 0.4) is 0 Å². The predicted molar refractivity (Wildman–Crippen MR) is 80.1 cm³/mol. The smallest absolute Gasteiger partial charge is 0.160 e. The Morgan fingerprint density at radius 1 is 0.950 bits per heavy atom. The van der Waals surface area contributed by atoms with Crippen LogP contribution in [0.5, 0.6) is 5.75 Å². The van der Waals surface area contributed by atoms with E-state index >= 15 is 0 Å². The van der Waals surface area contributed by atoms with Crippen molar-refractivity contribution in [1.29, 1.82) is 0 Å². The zero-order valence-electron chi connectivity index (χ0n) is 10.9. The maximum atomic E-state index is 11.7. The Hall–Kier alpha value is -2.61. The first kappa shape index (κ1) is 12.4. The summed E-state index contributed by atoms with van der Waals surface area (Å²) < 4.78 is 0. The molecule has 0 atom stereocenters. The lowest BCUT2D eigenvalue weighted by atomic mass is 9.98. The number of ketones is 1. The van der Waals surface area contributed by atoms with Crippen LogP contribution >= 0.6 is 0 Å². The van der Waals surface area contributed by atoms with Crippen LogP contribution in [0.25, 0.3) is 11.6 Å². The molecule has 0 unspecified atom stereocenters. The van der Waals surface area contributed by atoms with Crippen molar-refractivity contribution in [2.45, 2.75) is 6.42 Å². The van der Waals surface area contributed by atoms with Crippen LogP contribution in [0.1, 0.15) is 17.5 Å². The van der Waals surface area contributed by atoms with Crippen molar-refractivity contribution < 1.29 is 9.90 Å². The van der Waals surface area contributed by atoms with Gasteiger partial charge in [-0.05, 0) is 34.9 Å². The van der Waals surface area contributed by atoms with Gasteiger partial charge >= 0.3 is 0 Å². The molecule has 2 heteroatoms. The molecule has 20 heavy (non-hydrogen) atoms. The number of carbonyl (C=O) groups is 1. The molecule has 0 fully saturated rings. The van der Waals surface area contributed by atoms with Crippen molar-refractivity contribution in [1.82, 2.24) is 0 Å². The summed E-state index contributed by atoms with van der Waals surface area (Å²) in [6, 6.07) is 17.0. The molecule has 0 bridgehead atoms. The van der Waals surface area contributed by atoms with Gasteiger partial charge in [0.1, 0.15) is 5.75 Å². The topological polar surface area (TPSA) is 37.3 Å². The Bertz CT molecular complexity index is 709. The number of phenolic OH excluding ortho intramolecular Hbond substituents is 1. The number of para-hydroxylation sites is 1. The molecule has 2 nitrogen and oxygen atoms in total. The van der Waals surface area contributed by atoms with E-state index in [9.17, 15) is 9.90 Å². The first-order valence-corrected chi connectivity index (χ1v) is 6.53. The highest BCUT2D eigenvalue weighted by molar-refractivity contribution is 6.10. The van der Waals surface area contributed by atoms with E-state index in [2.05, 4.69) is 0 Å². The highest BCUT2D eigenvalue weighted by Crippen LogP contribution is 2.34. The summed E-state index contributed by atoms with van der Waals surface area (Å²) in [4.78, 5) is 11.7. The van der Waals surface area contributed by atoms with Gasteiger partial charge in [0, 0.05) is 12.0 Å². The third-order valence-corrected chi connectivity index (χ3v) is 3.37. The number of hydrogen-bond acceptors (Lipinski definition) is 2. The Morgan fingerprint density at radius 2 is 1.65 bits per heavy atom. The van der Waals surface area contributed by atoms with Gasteiger partial charge in [-0.15, -0.1) is 0 Å². The van der Waals surface area contributed by atoms with Gasteiger partial charge in [0.05, 0.1) is 0 Å². The number of phenols is 1. The van der Waals surface area contributed by atoms with Crippen molar-refractivity contribution in [2.24, 2.45) is 0 Å². The van der Waals surface area contributed by atoms with Crippen LogP contribution < -0.4 is 0 Å². The summed E-state index contributed by atoms with van der Waals surface area (Å²) in [5, 5.41) is 9.84. The standard InChI is InChI=1S/C18H14O2/c19-16-11-15(10-14-8-4-5-9-18(14)20)17(12-16)13-6-2-1-3-7-13/h1-10,12,20H,11H2. The first-order chi connectivity index (χ1) is 9.74. The lowest BCUT2D eigenvalue weighted by Crippen LogP contribution is -1.87. The minimum atomic E-state index is 0.102. The molecule has 0 saturated carbocycles. The van der Waals surface area contributed by atoms with Gasteiger partial charge in [-0.3, -0.25) is 4.79 Å². The molecule has 2 aromatic rings. The highest BCUT2D eigenvalue weighted by atomic mass is 16.3. The molecule has 1 aliphatic carbocycles. The van der Waals surface area contributed by atoms with Crippen molar-refractivity contribution in [3.63, 3.8) is 0 Å². The molecule has 0 saturated heterocycles. The van der Waals surface area contributed by atoms with Gasteiger partial charge in [-0.1, -0.05) is 48.5 Å². The minimum absolute atomic E-state index is 0.102. The number of benzene rings is 2. The molecule has 2 aromatic carbocycles. The van der Waals surface area contributed by atoms with Gasteiger partial charge in [0.25, 0.3) is 0 Å². The molecule has 3 rings (SSSR count). The Kier molecular flexibility index (Phi) is 3.21. The average molecular weight is 262 g/mol. The minimum Gasteiger partial charge on any atom is -0.507 e. The lowest BCUT2D eigenvalue weighted by Gasteiger charge is -2.06. The molecule has 1 N–H and O–H groups in total. The summed E-state index contributed by atoms with van der Waals surface area (Å²) >= 11 is 0. The Labute approximate surface area is 117 Å². The van der Waals surface area contributed by atoms with Gasteiger partial charge < -0.3 is 5.11 Å². The van der Waals surface area contributed by atoms with E-state index < -0.39 is 0 Å². The van der Waals surface area contributed by atoms with E-state index in [1.165, 1.54) is 0 Å². The third kappa shape index (κ3) is 2.41. The van der Waals surface area contributed by atoms with E-state index in [-0.39, 0.29) is 11.5 Å². The molecule has 98 valence electrons. The summed E-state index contributed by atoms with van der Waals surface area (Å²) in [5.74, 6) is 0.331. The predicted octanol–water partition coefficient (Wildman–Crippen LogP) is 3.83. The molecule has 0 radical (unpaired) electrons. The fraction of sp³-hybridized carbons (Fsp3) is 0.0556. The van der Waals surface area contributed by atoms with Gasteiger partial charge in [-0.25, -0.2) is 0 Å². The number of carbonyl (C=O) groups excluding carboxylic acids is 1. The van der Waals surface area contributed by atoms with Crippen LogP contribution in [0.2, 0.25) is 0 Å².